The maximum Gasteiger partial charge on any atom is 0.222 e. The van der Waals surface area contributed by atoms with Crippen molar-refractivity contribution in [3.8, 4) is 5.75 Å². The predicted octanol–water partition coefficient (Wildman–Crippen LogP) is 3.12. The third-order valence-corrected chi connectivity index (χ3v) is 6.02. The van der Waals surface area contributed by atoms with E-state index in [4.69, 9.17) is 9.47 Å². The van der Waals surface area contributed by atoms with Crippen LogP contribution in [0.3, 0.4) is 0 Å². The van der Waals surface area contributed by atoms with E-state index in [1.807, 2.05) is 32.2 Å². The van der Waals surface area contributed by atoms with Crippen LogP contribution in [0.15, 0.2) is 24.3 Å². The minimum absolute atomic E-state index is 0.276. The van der Waals surface area contributed by atoms with Crippen molar-refractivity contribution in [3.63, 3.8) is 0 Å². The van der Waals surface area contributed by atoms with Crippen LogP contribution in [0.4, 0.5) is 0 Å². The van der Waals surface area contributed by atoms with E-state index in [1.54, 1.807) is 0 Å². The van der Waals surface area contributed by atoms with Crippen molar-refractivity contribution in [2.75, 3.05) is 39.9 Å². The molecule has 5 heteroatoms. The van der Waals surface area contributed by atoms with Crippen molar-refractivity contribution in [3.05, 3.63) is 29.8 Å². The van der Waals surface area contributed by atoms with Gasteiger partial charge in [0.25, 0.3) is 0 Å². The maximum atomic E-state index is 12.7. The average molecular weight is 375 g/mol. The maximum absolute atomic E-state index is 12.7. The Labute approximate surface area is 163 Å². The third kappa shape index (κ3) is 5.45. The van der Waals surface area contributed by atoms with E-state index in [-0.39, 0.29) is 5.91 Å². The smallest absolute Gasteiger partial charge is 0.222 e. The second kappa shape index (κ2) is 10.1. The van der Waals surface area contributed by atoms with Gasteiger partial charge in [0.1, 0.15) is 5.75 Å². The number of amides is 1. The number of nitrogens with zero attached hydrogens (tertiary/aromatic N) is 2. The highest BCUT2D eigenvalue weighted by Gasteiger charge is 2.29. The molecule has 0 N–H and O–H groups in total. The number of ether oxygens (including phenoxy) is 2. The summed E-state index contributed by atoms with van der Waals surface area (Å²) in [5.41, 5.74) is 1.13. The van der Waals surface area contributed by atoms with Crippen LogP contribution in [0.25, 0.3) is 0 Å². The van der Waals surface area contributed by atoms with Gasteiger partial charge in [0, 0.05) is 45.8 Å². The monoisotopic (exact) mass is 374 g/mol. The van der Waals surface area contributed by atoms with E-state index in [0.29, 0.717) is 25.2 Å². The lowest BCUT2D eigenvalue weighted by Gasteiger charge is -2.41. The molecule has 0 spiro atoms. The van der Waals surface area contributed by atoms with E-state index >= 15 is 0 Å². The molecule has 0 atom stereocenters. The van der Waals surface area contributed by atoms with E-state index < -0.39 is 0 Å². The Morgan fingerprint density at radius 2 is 1.78 bits per heavy atom. The number of piperidine rings is 2. The van der Waals surface area contributed by atoms with Crippen LogP contribution in [-0.4, -0.2) is 67.7 Å². The van der Waals surface area contributed by atoms with Crippen molar-refractivity contribution < 1.29 is 14.3 Å². The molecule has 1 amide bonds. The van der Waals surface area contributed by atoms with Gasteiger partial charge < -0.3 is 19.3 Å². The first-order chi connectivity index (χ1) is 13.2. The van der Waals surface area contributed by atoms with E-state index in [9.17, 15) is 4.79 Å². The Balaban J connectivity index is 1.42. The summed E-state index contributed by atoms with van der Waals surface area (Å²) in [4.78, 5) is 17.3. The molecule has 2 heterocycles. The van der Waals surface area contributed by atoms with Crippen LogP contribution in [0.2, 0.25) is 0 Å². The van der Waals surface area contributed by atoms with Gasteiger partial charge in [0.2, 0.25) is 5.91 Å². The van der Waals surface area contributed by atoms with Gasteiger partial charge >= 0.3 is 0 Å². The number of hydrogen-bond donors (Lipinski definition) is 0. The summed E-state index contributed by atoms with van der Waals surface area (Å²) < 4.78 is 11.1. The lowest BCUT2D eigenvalue weighted by molar-refractivity contribution is -0.132. The van der Waals surface area contributed by atoms with Gasteiger partial charge in [-0.25, -0.2) is 0 Å². The zero-order valence-electron chi connectivity index (χ0n) is 16.9. The van der Waals surface area contributed by atoms with Gasteiger partial charge in [-0.2, -0.15) is 0 Å². The molecular formula is C22H34N2O3. The molecule has 0 radical (unpaired) electrons. The fraction of sp³-hybridized carbons (Fsp3) is 0.682. The number of hydrogen-bond acceptors (Lipinski definition) is 4. The molecule has 1 aromatic rings. The third-order valence-electron chi connectivity index (χ3n) is 6.02. The number of rotatable bonds is 7. The fourth-order valence-corrected chi connectivity index (χ4v) is 4.36. The molecule has 5 nitrogen and oxygen atoms in total. The predicted molar refractivity (Wildman–Crippen MR) is 107 cm³/mol. The molecule has 0 aliphatic carbocycles. The lowest BCUT2D eigenvalue weighted by Crippen LogP contribution is -2.49. The number of carbonyl (C=O) groups is 1. The molecule has 2 fully saturated rings. The minimum Gasteiger partial charge on any atom is -0.494 e. The molecule has 2 saturated heterocycles. The lowest BCUT2D eigenvalue weighted by atomic mass is 9.98. The van der Waals surface area contributed by atoms with Crippen LogP contribution in [0.5, 0.6) is 5.75 Å². The Kier molecular flexibility index (Phi) is 7.53. The van der Waals surface area contributed by atoms with E-state index in [0.717, 1.165) is 69.6 Å². The average Bonchev–Trinajstić information content (AvgIpc) is 2.73. The standard InChI is InChI=1S/C22H34N2O3/c1-3-27-21-7-5-4-6-18(21)8-9-22(25)24-14-10-19(11-15-24)23-16-12-20(26-2)13-17-23/h4-7,19-20H,3,8-17H2,1-2H3. The summed E-state index contributed by atoms with van der Waals surface area (Å²) in [6.45, 7) is 6.68. The second-order valence-corrected chi connectivity index (χ2v) is 7.62. The number of benzene rings is 1. The summed E-state index contributed by atoms with van der Waals surface area (Å²) >= 11 is 0. The first kappa shape index (κ1) is 20.2. The zero-order valence-corrected chi connectivity index (χ0v) is 16.9. The summed E-state index contributed by atoms with van der Waals surface area (Å²) in [6.07, 6.45) is 6.21. The summed E-state index contributed by atoms with van der Waals surface area (Å²) in [6, 6.07) is 8.68. The van der Waals surface area contributed by atoms with Crippen LogP contribution in [0.1, 0.15) is 44.6 Å². The summed E-state index contributed by atoms with van der Waals surface area (Å²) in [5, 5.41) is 0. The molecule has 150 valence electrons. The van der Waals surface area contributed by atoms with Crippen LogP contribution < -0.4 is 4.74 Å². The van der Waals surface area contributed by atoms with Gasteiger partial charge in [-0.05, 0) is 50.7 Å². The van der Waals surface area contributed by atoms with Gasteiger partial charge in [-0.3, -0.25) is 4.79 Å². The van der Waals surface area contributed by atoms with Crippen molar-refractivity contribution >= 4 is 5.91 Å². The van der Waals surface area contributed by atoms with Crippen molar-refractivity contribution in [1.82, 2.24) is 9.80 Å². The van der Waals surface area contributed by atoms with E-state index in [2.05, 4.69) is 15.9 Å². The quantitative estimate of drug-likeness (QED) is 0.735. The molecule has 2 aliphatic rings. The molecule has 27 heavy (non-hydrogen) atoms. The largest absolute Gasteiger partial charge is 0.494 e. The molecule has 0 saturated carbocycles. The second-order valence-electron chi connectivity index (χ2n) is 7.62. The highest BCUT2D eigenvalue weighted by Crippen LogP contribution is 2.24. The molecule has 0 aromatic heterocycles. The molecule has 1 aromatic carbocycles. The molecule has 0 unspecified atom stereocenters. The van der Waals surface area contributed by atoms with Gasteiger partial charge in [0.15, 0.2) is 0 Å². The van der Waals surface area contributed by atoms with Crippen LogP contribution in [0, 0.1) is 0 Å². The van der Waals surface area contributed by atoms with Crippen molar-refractivity contribution in [1.29, 1.82) is 0 Å². The minimum atomic E-state index is 0.276. The highest BCUT2D eigenvalue weighted by atomic mass is 16.5. The van der Waals surface area contributed by atoms with E-state index in [1.165, 1.54) is 0 Å². The van der Waals surface area contributed by atoms with Crippen molar-refractivity contribution in [2.45, 2.75) is 57.6 Å². The summed E-state index contributed by atoms with van der Waals surface area (Å²) in [7, 11) is 1.82. The first-order valence-electron chi connectivity index (χ1n) is 10.5. The topological polar surface area (TPSA) is 42.0 Å². The number of likely N-dealkylation sites (tertiary alicyclic amines) is 2. The van der Waals surface area contributed by atoms with Crippen LogP contribution >= 0.6 is 0 Å². The number of para-hydroxylation sites is 1. The molecule has 0 bridgehead atoms. The van der Waals surface area contributed by atoms with Gasteiger partial charge in [-0.15, -0.1) is 0 Å². The summed E-state index contributed by atoms with van der Waals surface area (Å²) in [5.74, 6) is 1.18. The number of carbonyl (C=O) groups excluding carboxylic acids is 1. The Morgan fingerprint density at radius 1 is 1.07 bits per heavy atom. The molecule has 2 aliphatic heterocycles. The highest BCUT2D eigenvalue weighted by molar-refractivity contribution is 5.76. The SMILES string of the molecule is CCOc1ccccc1CCC(=O)N1CCC(N2CCC(OC)CC2)CC1. The molecule has 3 rings (SSSR count). The molecular weight excluding hydrogens is 340 g/mol. The zero-order chi connectivity index (χ0) is 19.1. The Bertz CT molecular complexity index is 591. The van der Waals surface area contributed by atoms with Gasteiger partial charge in [0.05, 0.1) is 12.7 Å². The number of methoxy groups -OCH3 is 1. The van der Waals surface area contributed by atoms with Gasteiger partial charge in [-0.1, -0.05) is 18.2 Å². The fourth-order valence-electron chi connectivity index (χ4n) is 4.36. The Morgan fingerprint density at radius 3 is 2.44 bits per heavy atom. The van der Waals surface area contributed by atoms with Crippen molar-refractivity contribution in [2.24, 2.45) is 0 Å². The number of aryl methyl sites for hydroxylation is 1. The van der Waals surface area contributed by atoms with Crippen LogP contribution in [-0.2, 0) is 16.0 Å². The first-order valence-corrected chi connectivity index (χ1v) is 10.5. The normalized spacial score (nSPS) is 20.0. The Hall–Kier alpha value is -1.59.